The standard InChI is InChI=1S/C15H18N8O2/c1-8-6-9(2)23-15(16-8)18-13(21-23)14(24)22-4-5-25-11(7-22)12-17-10(3)19-20-12/h6,11H,4-5,7H2,1-3H3,(H,17,19,20)/t11-/m1/s1. The van der Waals surface area contributed by atoms with E-state index in [4.69, 9.17) is 4.74 Å². The maximum atomic E-state index is 12.8. The highest BCUT2D eigenvalue weighted by molar-refractivity contribution is 5.91. The molecule has 1 amide bonds. The molecule has 1 aliphatic rings. The summed E-state index contributed by atoms with van der Waals surface area (Å²) in [4.78, 5) is 27.4. The molecular formula is C15H18N8O2. The maximum Gasteiger partial charge on any atom is 0.293 e. The zero-order valence-electron chi connectivity index (χ0n) is 14.2. The largest absolute Gasteiger partial charge is 0.366 e. The highest BCUT2D eigenvalue weighted by Crippen LogP contribution is 2.20. The van der Waals surface area contributed by atoms with Gasteiger partial charge in [-0.2, -0.15) is 10.1 Å². The van der Waals surface area contributed by atoms with Gasteiger partial charge in [-0.1, -0.05) is 0 Å². The number of ether oxygens (including phenoxy) is 1. The molecule has 4 rings (SSSR count). The van der Waals surface area contributed by atoms with Gasteiger partial charge in [-0.3, -0.25) is 9.89 Å². The van der Waals surface area contributed by atoms with Gasteiger partial charge >= 0.3 is 0 Å². The number of morpholine rings is 1. The summed E-state index contributed by atoms with van der Waals surface area (Å²) < 4.78 is 7.27. The van der Waals surface area contributed by atoms with Gasteiger partial charge in [0.15, 0.2) is 5.82 Å². The summed E-state index contributed by atoms with van der Waals surface area (Å²) in [6.07, 6.45) is -0.359. The van der Waals surface area contributed by atoms with Crippen molar-refractivity contribution in [3.05, 3.63) is 34.9 Å². The van der Waals surface area contributed by atoms with Gasteiger partial charge < -0.3 is 9.64 Å². The minimum absolute atomic E-state index is 0.132. The van der Waals surface area contributed by atoms with Crippen molar-refractivity contribution in [3.63, 3.8) is 0 Å². The number of fused-ring (bicyclic) bond motifs is 1. The fraction of sp³-hybridized carbons (Fsp3) is 0.467. The summed E-state index contributed by atoms with van der Waals surface area (Å²) >= 11 is 0. The van der Waals surface area contributed by atoms with Gasteiger partial charge in [0.05, 0.1) is 13.2 Å². The third-order valence-corrected chi connectivity index (χ3v) is 4.07. The molecule has 0 saturated carbocycles. The van der Waals surface area contributed by atoms with E-state index in [1.165, 1.54) is 0 Å². The number of nitrogens with zero attached hydrogens (tertiary/aromatic N) is 7. The molecule has 1 N–H and O–H groups in total. The Morgan fingerprint density at radius 2 is 2.12 bits per heavy atom. The lowest BCUT2D eigenvalue weighted by Crippen LogP contribution is -2.43. The van der Waals surface area contributed by atoms with E-state index in [0.717, 1.165) is 11.4 Å². The predicted octanol–water partition coefficient (Wildman–Crippen LogP) is 0.381. The number of aromatic nitrogens is 7. The predicted molar refractivity (Wildman–Crippen MR) is 86.0 cm³/mol. The highest BCUT2D eigenvalue weighted by Gasteiger charge is 2.30. The third-order valence-electron chi connectivity index (χ3n) is 4.07. The first-order chi connectivity index (χ1) is 12.0. The zero-order chi connectivity index (χ0) is 17.6. The lowest BCUT2D eigenvalue weighted by atomic mass is 10.2. The molecule has 0 aliphatic carbocycles. The first kappa shape index (κ1) is 15.6. The Kier molecular flexibility index (Phi) is 3.68. The molecule has 1 aliphatic heterocycles. The van der Waals surface area contributed by atoms with Crippen molar-refractivity contribution in [3.8, 4) is 0 Å². The number of hydrogen-bond donors (Lipinski definition) is 1. The smallest absolute Gasteiger partial charge is 0.293 e. The van der Waals surface area contributed by atoms with E-state index >= 15 is 0 Å². The van der Waals surface area contributed by atoms with Crippen LogP contribution < -0.4 is 0 Å². The van der Waals surface area contributed by atoms with Crippen LogP contribution in [0.4, 0.5) is 0 Å². The third kappa shape index (κ3) is 2.84. The fourth-order valence-electron chi connectivity index (χ4n) is 2.89. The Labute approximate surface area is 143 Å². The van der Waals surface area contributed by atoms with Crippen molar-refractivity contribution in [1.29, 1.82) is 0 Å². The molecule has 0 radical (unpaired) electrons. The molecule has 25 heavy (non-hydrogen) atoms. The quantitative estimate of drug-likeness (QED) is 0.716. The first-order valence-corrected chi connectivity index (χ1v) is 8.02. The SMILES string of the molecule is Cc1cc(C)n2nc(C(=O)N3CCO[C@@H](c4n[nH]c(C)n4)C3)nc2n1. The van der Waals surface area contributed by atoms with Gasteiger partial charge in [0, 0.05) is 17.9 Å². The molecule has 3 aromatic heterocycles. The van der Waals surface area contributed by atoms with Crippen LogP contribution in [0.3, 0.4) is 0 Å². The Balaban J connectivity index is 1.59. The van der Waals surface area contributed by atoms with E-state index in [9.17, 15) is 4.79 Å². The van der Waals surface area contributed by atoms with E-state index in [0.29, 0.717) is 37.1 Å². The molecule has 0 aromatic carbocycles. The van der Waals surface area contributed by atoms with Crippen molar-refractivity contribution >= 4 is 11.7 Å². The van der Waals surface area contributed by atoms with Crippen molar-refractivity contribution in [1.82, 2.24) is 39.7 Å². The normalized spacial score (nSPS) is 18.0. The Morgan fingerprint density at radius 1 is 1.28 bits per heavy atom. The van der Waals surface area contributed by atoms with Crippen LogP contribution in [0.1, 0.15) is 39.8 Å². The first-order valence-electron chi connectivity index (χ1n) is 8.02. The van der Waals surface area contributed by atoms with Crippen LogP contribution in [0.15, 0.2) is 6.07 Å². The number of amides is 1. The summed E-state index contributed by atoms with van der Waals surface area (Å²) in [6, 6.07) is 1.90. The van der Waals surface area contributed by atoms with Crippen LogP contribution in [-0.2, 0) is 4.74 Å². The topological polar surface area (TPSA) is 114 Å². The van der Waals surface area contributed by atoms with Crippen molar-refractivity contribution in [2.75, 3.05) is 19.7 Å². The summed E-state index contributed by atoms with van der Waals surface area (Å²) in [5, 5.41) is 11.2. The van der Waals surface area contributed by atoms with Crippen molar-refractivity contribution < 1.29 is 9.53 Å². The summed E-state index contributed by atoms with van der Waals surface area (Å²) in [6.45, 7) is 6.85. The van der Waals surface area contributed by atoms with Gasteiger partial charge in [-0.25, -0.2) is 14.5 Å². The molecule has 4 heterocycles. The molecule has 10 nitrogen and oxygen atoms in total. The van der Waals surface area contributed by atoms with Crippen LogP contribution in [0.2, 0.25) is 0 Å². The second kappa shape index (κ2) is 5.88. The zero-order valence-corrected chi connectivity index (χ0v) is 14.2. The van der Waals surface area contributed by atoms with Gasteiger partial charge in [0.2, 0.25) is 5.82 Å². The maximum absolute atomic E-state index is 12.8. The summed E-state index contributed by atoms with van der Waals surface area (Å²) in [5.74, 6) is 1.57. The molecule has 0 bridgehead atoms. The number of nitrogens with one attached hydrogen (secondary N) is 1. The number of hydrogen-bond acceptors (Lipinski definition) is 7. The molecule has 1 atom stereocenters. The number of rotatable bonds is 2. The lowest BCUT2D eigenvalue weighted by Gasteiger charge is -2.30. The van der Waals surface area contributed by atoms with E-state index in [1.807, 2.05) is 26.8 Å². The molecule has 130 valence electrons. The minimum atomic E-state index is -0.359. The van der Waals surface area contributed by atoms with Crippen LogP contribution in [0, 0.1) is 20.8 Å². The number of aromatic amines is 1. The van der Waals surface area contributed by atoms with Crippen LogP contribution in [0.25, 0.3) is 5.78 Å². The van der Waals surface area contributed by atoms with Crippen molar-refractivity contribution in [2.45, 2.75) is 26.9 Å². The Bertz CT molecular complexity index is 946. The number of carbonyl (C=O) groups is 1. The molecule has 1 saturated heterocycles. The average Bonchev–Trinajstić information content (AvgIpc) is 3.21. The van der Waals surface area contributed by atoms with E-state index < -0.39 is 0 Å². The summed E-state index contributed by atoms with van der Waals surface area (Å²) in [7, 11) is 0. The molecule has 0 unspecified atom stereocenters. The highest BCUT2D eigenvalue weighted by atomic mass is 16.5. The van der Waals surface area contributed by atoms with Gasteiger partial charge in [-0.05, 0) is 26.8 Å². The molecule has 0 spiro atoms. The Morgan fingerprint density at radius 3 is 2.88 bits per heavy atom. The van der Waals surface area contributed by atoms with E-state index in [2.05, 4.69) is 30.2 Å². The summed E-state index contributed by atoms with van der Waals surface area (Å²) in [5.41, 5.74) is 1.72. The number of carbonyl (C=O) groups excluding carboxylic acids is 1. The lowest BCUT2D eigenvalue weighted by molar-refractivity contribution is -0.0270. The number of aryl methyl sites for hydroxylation is 3. The number of H-pyrrole nitrogens is 1. The second-order valence-electron chi connectivity index (χ2n) is 6.08. The molecule has 1 fully saturated rings. The molecular weight excluding hydrogens is 324 g/mol. The van der Waals surface area contributed by atoms with Gasteiger partial charge in [-0.15, -0.1) is 5.10 Å². The van der Waals surface area contributed by atoms with E-state index in [1.54, 1.807) is 9.42 Å². The monoisotopic (exact) mass is 342 g/mol. The molecule has 3 aromatic rings. The van der Waals surface area contributed by atoms with Crippen molar-refractivity contribution in [2.24, 2.45) is 0 Å². The second-order valence-corrected chi connectivity index (χ2v) is 6.08. The Hall–Kier alpha value is -2.88. The minimum Gasteiger partial charge on any atom is -0.366 e. The van der Waals surface area contributed by atoms with Crippen LogP contribution >= 0.6 is 0 Å². The fourth-order valence-corrected chi connectivity index (χ4v) is 2.89. The molecule has 10 heteroatoms. The van der Waals surface area contributed by atoms with Crippen LogP contribution in [-0.4, -0.2) is 65.3 Å². The van der Waals surface area contributed by atoms with Gasteiger partial charge in [0.25, 0.3) is 11.7 Å². The average molecular weight is 342 g/mol. The van der Waals surface area contributed by atoms with E-state index in [-0.39, 0.29) is 17.8 Å². The van der Waals surface area contributed by atoms with Gasteiger partial charge in [0.1, 0.15) is 11.9 Å². The van der Waals surface area contributed by atoms with Crippen LogP contribution in [0.5, 0.6) is 0 Å².